The zero-order valence-electron chi connectivity index (χ0n) is 14.2. The number of halogens is 2. The van der Waals surface area contributed by atoms with Crippen molar-refractivity contribution in [3.05, 3.63) is 40.4 Å². The average molecular weight is 382 g/mol. The topological polar surface area (TPSA) is 105 Å². The Morgan fingerprint density at radius 1 is 1.38 bits per heavy atom. The molecule has 0 saturated carbocycles. The Bertz CT molecular complexity index is 761. The standard InChI is InChI=1S/C16H21ClFN7O/c17-12-9-11(1-2-13(12)18)22-16(19)15-14(23-26-24-15)10-21-5-8-25-6-3-20-4-7-25/h1-2,9,20-21H,3-8,10H2,(H2,19,22). The first-order valence-corrected chi connectivity index (χ1v) is 8.76. The van der Waals surface area contributed by atoms with Crippen molar-refractivity contribution in [2.75, 3.05) is 39.3 Å². The number of rotatable bonds is 7. The van der Waals surface area contributed by atoms with Crippen molar-refractivity contribution in [2.24, 2.45) is 10.7 Å². The normalized spacial score (nSPS) is 16.2. The van der Waals surface area contributed by atoms with E-state index in [1.165, 1.54) is 18.2 Å². The van der Waals surface area contributed by atoms with Gasteiger partial charge in [-0.2, -0.15) is 0 Å². The second-order valence-corrected chi connectivity index (χ2v) is 6.33. The fourth-order valence-electron chi connectivity index (χ4n) is 2.64. The van der Waals surface area contributed by atoms with Crippen molar-refractivity contribution in [1.29, 1.82) is 0 Å². The molecule has 0 spiro atoms. The van der Waals surface area contributed by atoms with Gasteiger partial charge in [0, 0.05) is 45.8 Å². The van der Waals surface area contributed by atoms with Crippen LogP contribution in [-0.2, 0) is 6.54 Å². The predicted molar refractivity (Wildman–Crippen MR) is 97.1 cm³/mol. The van der Waals surface area contributed by atoms with Crippen LogP contribution in [0, 0.1) is 5.82 Å². The smallest absolute Gasteiger partial charge is 0.174 e. The van der Waals surface area contributed by atoms with E-state index >= 15 is 0 Å². The summed E-state index contributed by atoms with van der Waals surface area (Å²) >= 11 is 5.75. The summed E-state index contributed by atoms with van der Waals surface area (Å²) in [6, 6.07) is 4.10. The molecule has 1 aliphatic rings. The van der Waals surface area contributed by atoms with Crippen LogP contribution in [0.15, 0.2) is 27.8 Å². The van der Waals surface area contributed by atoms with Crippen molar-refractivity contribution in [3.8, 4) is 0 Å². The second kappa shape index (κ2) is 9.04. The van der Waals surface area contributed by atoms with Crippen molar-refractivity contribution < 1.29 is 9.02 Å². The minimum absolute atomic E-state index is 0.0212. The summed E-state index contributed by atoms with van der Waals surface area (Å²) in [5, 5.41) is 14.3. The van der Waals surface area contributed by atoms with E-state index in [1.54, 1.807) is 0 Å². The molecule has 3 rings (SSSR count). The van der Waals surface area contributed by atoms with Crippen LogP contribution in [0.1, 0.15) is 11.4 Å². The Morgan fingerprint density at radius 3 is 2.96 bits per heavy atom. The number of hydrogen-bond acceptors (Lipinski definition) is 7. The van der Waals surface area contributed by atoms with Gasteiger partial charge < -0.3 is 16.4 Å². The van der Waals surface area contributed by atoms with Gasteiger partial charge in [-0.3, -0.25) is 4.90 Å². The summed E-state index contributed by atoms with van der Waals surface area (Å²) < 4.78 is 18.0. The van der Waals surface area contributed by atoms with Gasteiger partial charge in [0.05, 0.1) is 10.7 Å². The Morgan fingerprint density at radius 2 is 2.19 bits per heavy atom. The molecule has 1 fully saturated rings. The van der Waals surface area contributed by atoms with Gasteiger partial charge in [0.25, 0.3) is 0 Å². The van der Waals surface area contributed by atoms with Crippen LogP contribution in [0.3, 0.4) is 0 Å². The fourth-order valence-corrected chi connectivity index (χ4v) is 2.82. The van der Waals surface area contributed by atoms with E-state index in [9.17, 15) is 4.39 Å². The van der Waals surface area contributed by atoms with E-state index in [0.29, 0.717) is 23.6 Å². The highest BCUT2D eigenvalue weighted by Gasteiger charge is 2.14. The number of aliphatic imine (C=N–C) groups is 1. The lowest BCUT2D eigenvalue weighted by Gasteiger charge is -2.27. The maximum absolute atomic E-state index is 13.2. The van der Waals surface area contributed by atoms with Gasteiger partial charge in [-0.25, -0.2) is 14.0 Å². The zero-order valence-corrected chi connectivity index (χ0v) is 15.0. The molecule has 140 valence electrons. The SMILES string of the molecule is NC(=Nc1ccc(F)c(Cl)c1)c1nonc1CNCCN1CCNCC1. The summed E-state index contributed by atoms with van der Waals surface area (Å²) in [6.07, 6.45) is 0. The lowest BCUT2D eigenvalue weighted by Crippen LogP contribution is -2.45. The van der Waals surface area contributed by atoms with Crippen LogP contribution in [-0.4, -0.2) is 60.3 Å². The number of hydrogen-bond donors (Lipinski definition) is 3. The highest BCUT2D eigenvalue weighted by atomic mass is 35.5. The highest BCUT2D eigenvalue weighted by Crippen LogP contribution is 2.22. The molecular weight excluding hydrogens is 361 g/mol. The number of benzene rings is 1. The van der Waals surface area contributed by atoms with Gasteiger partial charge in [-0.1, -0.05) is 16.8 Å². The second-order valence-electron chi connectivity index (χ2n) is 5.92. The number of piperazine rings is 1. The first kappa shape index (κ1) is 18.7. The highest BCUT2D eigenvalue weighted by molar-refractivity contribution is 6.31. The number of nitrogens with one attached hydrogen (secondary N) is 2. The lowest BCUT2D eigenvalue weighted by molar-refractivity contribution is 0.240. The van der Waals surface area contributed by atoms with E-state index in [0.717, 1.165) is 39.3 Å². The molecule has 10 heteroatoms. The molecule has 1 saturated heterocycles. The van der Waals surface area contributed by atoms with Gasteiger partial charge in [-0.15, -0.1) is 0 Å². The molecule has 2 heterocycles. The molecule has 0 bridgehead atoms. The van der Waals surface area contributed by atoms with Crippen LogP contribution >= 0.6 is 11.6 Å². The molecular formula is C16H21ClFN7O. The summed E-state index contributed by atoms with van der Waals surface area (Å²) in [6.45, 7) is 6.40. The first-order chi connectivity index (χ1) is 12.6. The Kier molecular flexibility index (Phi) is 6.51. The van der Waals surface area contributed by atoms with Crippen LogP contribution in [0.5, 0.6) is 0 Å². The van der Waals surface area contributed by atoms with Crippen molar-refractivity contribution in [1.82, 2.24) is 25.8 Å². The average Bonchev–Trinajstić information content (AvgIpc) is 3.11. The summed E-state index contributed by atoms with van der Waals surface area (Å²) in [5.74, 6) is -0.380. The molecule has 1 aliphatic heterocycles. The van der Waals surface area contributed by atoms with Gasteiger partial charge in [0.2, 0.25) is 0 Å². The summed E-state index contributed by atoms with van der Waals surface area (Å²) in [5.41, 5.74) is 7.35. The molecule has 1 aromatic carbocycles. The zero-order chi connectivity index (χ0) is 18.4. The van der Waals surface area contributed by atoms with Crippen LogP contribution in [0.25, 0.3) is 0 Å². The molecule has 0 aliphatic carbocycles. The van der Waals surface area contributed by atoms with Gasteiger partial charge in [0.15, 0.2) is 11.5 Å². The fraction of sp³-hybridized carbons (Fsp3) is 0.438. The quantitative estimate of drug-likeness (QED) is 0.371. The molecule has 0 radical (unpaired) electrons. The molecule has 0 atom stereocenters. The third kappa shape index (κ3) is 4.98. The molecule has 8 nitrogen and oxygen atoms in total. The maximum atomic E-state index is 13.2. The Balaban J connectivity index is 1.56. The maximum Gasteiger partial charge on any atom is 0.174 e. The molecule has 2 aromatic rings. The minimum atomic E-state index is -0.512. The van der Waals surface area contributed by atoms with E-state index in [2.05, 4.69) is 30.8 Å². The third-order valence-corrected chi connectivity index (χ3v) is 4.35. The largest absolute Gasteiger partial charge is 0.382 e. The van der Waals surface area contributed by atoms with Crippen molar-refractivity contribution in [2.45, 2.75) is 6.54 Å². The molecule has 0 unspecified atom stereocenters. The monoisotopic (exact) mass is 381 g/mol. The van der Waals surface area contributed by atoms with E-state index in [1.807, 2.05) is 0 Å². The molecule has 4 N–H and O–H groups in total. The van der Waals surface area contributed by atoms with E-state index < -0.39 is 5.82 Å². The molecule has 26 heavy (non-hydrogen) atoms. The lowest BCUT2D eigenvalue weighted by atomic mass is 10.2. The summed E-state index contributed by atoms with van der Waals surface area (Å²) in [7, 11) is 0. The number of amidine groups is 1. The molecule has 1 aromatic heterocycles. The van der Waals surface area contributed by atoms with Gasteiger partial charge in [-0.05, 0) is 23.4 Å². The Hall–Kier alpha value is -2.07. The van der Waals surface area contributed by atoms with Gasteiger partial charge >= 0.3 is 0 Å². The van der Waals surface area contributed by atoms with Crippen molar-refractivity contribution >= 4 is 23.1 Å². The van der Waals surface area contributed by atoms with Crippen LogP contribution in [0.4, 0.5) is 10.1 Å². The van der Waals surface area contributed by atoms with Gasteiger partial charge in [0.1, 0.15) is 11.5 Å². The van der Waals surface area contributed by atoms with Crippen molar-refractivity contribution in [3.63, 3.8) is 0 Å². The minimum Gasteiger partial charge on any atom is -0.382 e. The number of nitrogens with zero attached hydrogens (tertiary/aromatic N) is 4. The predicted octanol–water partition coefficient (Wildman–Crippen LogP) is 0.894. The Labute approximate surface area is 155 Å². The van der Waals surface area contributed by atoms with Crippen LogP contribution < -0.4 is 16.4 Å². The first-order valence-electron chi connectivity index (χ1n) is 8.38. The number of aromatic nitrogens is 2. The third-order valence-electron chi connectivity index (χ3n) is 4.06. The van der Waals surface area contributed by atoms with E-state index in [-0.39, 0.29) is 10.9 Å². The van der Waals surface area contributed by atoms with Crippen LogP contribution in [0.2, 0.25) is 5.02 Å². The summed E-state index contributed by atoms with van der Waals surface area (Å²) in [4.78, 5) is 6.59. The molecule has 0 amide bonds. The number of nitrogens with two attached hydrogens (primary N) is 1. The van der Waals surface area contributed by atoms with E-state index in [4.69, 9.17) is 22.0 Å².